The van der Waals surface area contributed by atoms with Gasteiger partial charge in [0.05, 0.1) is 23.1 Å². The van der Waals surface area contributed by atoms with Gasteiger partial charge in [-0.15, -0.1) is 0 Å². The van der Waals surface area contributed by atoms with E-state index < -0.39 is 0 Å². The fourth-order valence-electron chi connectivity index (χ4n) is 3.49. The van der Waals surface area contributed by atoms with E-state index in [1.165, 1.54) is 5.56 Å². The lowest BCUT2D eigenvalue weighted by molar-refractivity contribution is 0.179. The molecule has 0 bridgehead atoms. The van der Waals surface area contributed by atoms with Gasteiger partial charge in [0.25, 0.3) is 0 Å². The van der Waals surface area contributed by atoms with E-state index in [0.717, 1.165) is 43.8 Å². The van der Waals surface area contributed by atoms with Gasteiger partial charge in [-0.1, -0.05) is 48.0 Å². The number of nitrogens with zero attached hydrogens (tertiary/aromatic N) is 2. The monoisotopic (exact) mass is 354 g/mol. The van der Waals surface area contributed by atoms with E-state index in [0.29, 0.717) is 11.6 Å². The molecule has 0 aliphatic carbocycles. The molecule has 0 amide bonds. The number of ether oxygens (including phenoxy) is 1. The molecule has 25 heavy (non-hydrogen) atoms. The van der Waals surface area contributed by atoms with Crippen molar-refractivity contribution in [2.24, 2.45) is 0 Å². The van der Waals surface area contributed by atoms with Crippen LogP contribution in [0, 0.1) is 11.3 Å². The molecule has 0 aromatic heterocycles. The first kappa shape index (κ1) is 17.8. The molecule has 4 heteroatoms. The van der Waals surface area contributed by atoms with Gasteiger partial charge in [-0.2, -0.15) is 5.26 Å². The summed E-state index contributed by atoms with van der Waals surface area (Å²) in [6.45, 7) is 5.23. The molecule has 0 saturated carbocycles. The number of hydrogen-bond acceptors (Lipinski definition) is 3. The predicted octanol–water partition coefficient (Wildman–Crippen LogP) is 4.80. The SMILES string of the molecule is CCOc1ccc(CN2CCC(C#N)(c3ccccc3)CC2)cc1Cl. The summed E-state index contributed by atoms with van der Waals surface area (Å²) in [5, 5.41) is 10.4. The van der Waals surface area contributed by atoms with Crippen LogP contribution in [0.5, 0.6) is 5.75 Å². The Balaban J connectivity index is 1.65. The third kappa shape index (κ3) is 3.98. The highest BCUT2D eigenvalue weighted by Crippen LogP contribution is 2.35. The van der Waals surface area contributed by atoms with Crippen molar-refractivity contribution in [1.82, 2.24) is 4.90 Å². The lowest BCUT2D eigenvalue weighted by Crippen LogP contribution is -2.41. The number of benzene rings is 2. The molecule has 0 atom stereocenters. The molecular weight excluding hydrogens is 332 g/mol. The average molecular weight is 355 g/mol. The van der Waals surface area contributed by atoms with Crippen molar-refractivity contribution in [3.05, 3.63) is 64.7 Å². The molecule has 2 aromatic rings. The Bertz CT molecular complexity index is 746. The zero-order valence-corrected chi connectivity index (χ0v) is 15.3. The summed E-state index contributed by atoms with van der Waals surface area (Å²) in [5.74, 6) is 0.735. The molecular formula is C21H23ClN2O. The zero-order valence-electron chi connectivity index (χ0n) is 14.5. The van der Waals surface area contributed by atoms with Gasteiger partial charge in [0.1, 0.15) is 5.75 Å². The topological polar surface area (TPSA) is 36.3 Å². The zero-order chi connectivity index (χ0) is 17.7. The van der Waals surface area contributed by atoms with Crippen molar-refractivity contribution in [2.45, 2.75) is 31.7 Å². The predicted molar refractivity (Wildman–Crippen MR) is 101 cm³/mol. The maximum Gasteiger partial charge on any atom is 0.137 e. The highest BCUT2D eigenvalue weighted by atomic mass is 35.5. The molecule has 2 aromatic carbocycles. The van der Waals surface area contributed by atoms with Crippen LogP contribution < -0.4 is 4.74 Å². The Morgan fingerprint density at radius 2 is 1.88 bits per heavy atom. The quantitative estimate of drug-likeness (QED) is 0.774. The molecule has 0 N–H and O–H groups in total. The van der Waals surface area contributed by atoms with Gasteiger partial charge in [0, 0.05) is 19.6 Å². The van der Waals surface area contributed by atoms with Crippen LogP contribution in [0.25, 0.3) is 0 Å². The van der Waals surface area contributed by atoms with Crippen molar-refractivity contribution in [3.63, 3.8) is 0 Å². The molecule has 0 unspecified atom stereocenters. The van der Waals surface area contributed by atoms with Gasteiger partial charge in [-0.3, -0.25) is 4.90 Å². The molecule has 130 valence electrons. The number of nitriles is 1. The van der Waals surface area contributed by atoms with E-state index in [1.54, 1.807) is 0 Å². The molecule has 0 radical (unpaired) electrons. The lowest BCUT2D eigenvalue weighted by Gasteiger charge is -2.37. The van der Waals surface area contributed by atoms with Crippen molar-refractivity contribution in [1.29, 1.82) is 5.26 Å². The third-order valence-corrected chi connectivity index (χ3v) is 5.25. The van der Waals surface area contributed by atoms with E-state index in [4.69, 9.17) is 16.3 Å². The van der Waals surface area contributed by atoms with Gasteiger partial charge < -0.3 is 4.74 Å². The summed E-state index contributed by atoms with van der Waals surface area (Å²) in [6.07, 6.45) is 1.72. The molecule has 1 heterocycles. The Hall–Kier alpha value is -2.02. The van der Waals surface area contributed by atoms with Crippen molar-refractivity contribution < 1.29 is 4.74 Å². The first-order valence-corrected chi connectivity index (χ1v) is 9.15. The summed E-state index contributed by atoms with van der Waals surface area (Å²) in [4.78, 5) is 2.39. The van der Waals surface area contributed by atoms with E-state index in [9.17, 15) is 5.26 Å². The van der Waals surface area contributed by atoms with Crippen LogP contribution in [0.15, 0.2) is 48.5 Å². The van der Waals surface area contributed by atoms with Gasteiger partial charge >= 0.3 is 0 Å². The van der Waals surface area contributed by atoms with E-state index in [2.05, 4.69) is 29.2 Å². The van der Waals surface area contributed by atoms with Crippen LogP contribution in [-0.2, 0) is 12.0 Å². The van der Waals surface area contributed by atoms with E-state index in [-0.39, 0.29) is 5.41 Å². The number of piperidine rings is 1. The Kier molecular flexibility index (Phi) is 5.63. The minimum Gasteiger partial charge on any atom is -0.492 e. The minimum absolute atomic E-state index is 0.353. The van der Waals surface area contributed by atoms with Gasteiger partial charge in [0.2, 0.25) is 0 Å². The van der Waals surface area contributed by atoms with Crippen LogP contribution in [0.4, 0.5) is 0 Å². The fraction of sp³-hybridized carbons (Fsp3) is 0.381. The van der Waals surface area contributed by atoms with E-state index >= 15 is 0 Å². The van der Waals surface area contributed by atoms with Crippen LogP contribution in [0.2, 0.25) is 5.02 Å². The number of likely N-dealkylation sites (tertiary alicyclic amines) is 1. The highest BCUT2D eigenvalue weighted by molar-refractivity contribution is 6.32. The lowest BCUT2D eigenvalue weighted by atomic mass is 9.74. The second-order valence-corrected chi connectivity index (χ2v) is 6.94. The summed E-state index contributed by atoms with van der Waals surface area (Å²) in [5.41, 5.74) is 1.97. The normalized spacial score (nSPS) is 17.0. The van der Waals surface area contributed by atoms with E-state index in [1.807, 2.05) is 37.3 Å². The molecule has 3 rings (SSSR count). The van der Waals surface area contributed by atoms with Crippen molar-refractivity contribution in [3.8, 4) is 11.8 Å². The van der Waals surface area contributed by atoms with Crippen LogP contribution in [0.3, 0.4) is 0 Å². The second-order valence-electron chi connectivity index (χ2n) is 6.53. The largest absolute Gasteiger partial charge is 0.492 e. The molecule has 3 nitrogen and oxygen atoms in total. The maximum absolute atomic E-state index is 9.79. The fourth-order valence-corrected chi connectivity index (χ4v) is 3.75. The van der Waals surface area contributed by atoms with Crippen molar-refractivity contribution in [2.75, 3.05) is 19.7 Å². The Morgan fingerprint density at radius 1 is 1.16 bits per heavy atom. The number of halogens is 1. The summed E-state index contributed by atoms with van der Waals surface area (Å²) in [6, 6.07) is 18.8. The van der Waals surface area contributed by atoms with Crippen LogP contribution >= 0.6 is 11.6 Å². The smallest absolute Gasteiger partial charge is 0.137 e. The molecule has 1 aliphatic rings. The molecule has 1 fully saturated rings. The van der Waals surface area contributed by atoms with Crippen molar-refractivity contribution >= 4 is 11.6 Å². The Morgan fingerprint density at radius 3 is 2.48 bits per heavy atom. The molecule has 1 aliphatic heterocycles. The molecule has 0 spiro atoms. The summed E-state index contributed by atoms with van der Waals surface area (Å²) in [7, 11) is 0. The van der Waals surface area contributed by atoms with Gasteiger partial charge in [0.15, 0.2) is 0 Å². The number of rotatable bonds is 5. The molecule has 1 saturated heterocycles. The summed E-state index contributed by atoms with van der Waals surface area (Å²) >= 11 is 6.29. The first-order chi connectivity index (χ1) is 12.2. The second kappa shape index (κ2) is 7.91. The highest BCUT2D eigenvalue weighted by Gasteiger charge is 2.36. The summed E-state index contributed by atoms with van der Waals surface area (Å²) < 4.78 is 5.49. The Labute approximate surface area is 154 Å². The first-order valence-electron chi connectivity index (χ1n) is 8.77. The third-order valence-electron chi connectivity index (χ3n) is 4.95. The van der Waals surface area contributed by atoms with Gasteiger partial charge in [-0.25, -0.2) is 0 Å². The number of hydrogen-bond donors (Lipinski definition) is 0. The van der Waals surface area contributed by atoms with Crippen LogP contribution in [0.1, 0.15) is 30.9 Å². The minimum atomic E-state index is -0.353. The average Bonchev–Trinajstić information content (AvgIpc) is 2.66. The maximum atomic E-state index is 9.79. The van der Waals surface area contributed by atoms with Gasteiger partial charge in [-0.05, 0) is 43.0 Å². The van der Waals surface area contributed by atoms with Crippen LogP contribution in [-0.4, -0.2) is 24.6 Å². The standard InChI is InChI=1S/C21H23ClN2O/c1-2-25-20-9-8-17(14-19(20)22)15-24-12-10-21(16-23,11-13-24)18-6-4-3-5-7-18/h3-9,14H,2,10-13,15H2,1H3.